The molecule has 0 unspecified atom stereocenters. The Morgan fingerprint density at radius 3 is 2.47 bits per heavy atom. The van der Waals surface area contributed by atoms with E-state index in [0.717, 1.165) is 5.56 Å². The average molecular weight is 263 g/mol. The topological polar surface area (TPSA) is 75.6 Å². The van der Waals surface area contributed by atoms with Gasteiger partial charge in [-0.2, -0.15) is 0 Å². The summed E-state index contributed by atoms with van der Waals surface area (Å²) in [5.41, 5.74) is 0.287. The van der Waals surface area contributed by atoms with Crippen LogP contribution in [-0.2, 0) is 20.7 Å². The third kappa shape index (κ3) is 3.12. The number of hydrogen-bond donors (Lipinski definition) is 2. The van der Waals surface area contributed by atoms with Gasteiger partial charge in [-0.25, -0.2) is 4.79 Å². The number of hydrogen-bond acceptors (Lipinski definition) is 3. The van der Waals surface area contributed by atoms with E-state index < -0.39 is 17.4 Å². The number of carboxylic acids is 1. The molecule has 2 N–H and O–H groups in total. The molecule has 1 aromatic rings. The lowest BCUT2D eigenvalue weighted by atomic mass is 9.87. The van der Waals surface area contributed by atoms with Crippen molar-refractivity contribution in [1.29, 1.82) is 0 Å². The molecule has 1 heterocycles. The largest absolute Gasteiger partial charge is 0.480 e. The van der Waals surface area contributed by atoms with Crippen LogP contribution in [0, 0.1) is 5.41 Å². The van der Waals surface area contributed by atoms with E-state index in [4.69, 9.17) is 4.74 Å². The van der Waals surface area contributed by atoms with Crippen LogP contribution in [0.5, 0.6) is 0 Å². The molecule has 5 nitrogen and oxygen atoms in total. The van der Waals surface area contributed by atoms with Gasteiger partial charge in [0, 0.05) is 6.42 Å². The minimum atomic E-state index is -1.03. The molecule has 19 heavy (non-hydrogen) atoms. The van der Waals surface area contributed by atoms with Crippen LogP contribution in [0.3, 0.4) is 0 Å². The van der Waals surface area contributed by atoms with Crippen LogP contribution < -0.4 is 5.32 Å². The first-order valence-electron chi connectivity index (χ1n) is 6.17. The van der Waals surface area contributed by atoms with E-state index in [1.807, 2.05) is 30.3 Å². The van der Waals surface area contributed by atoms with E-state index >= 15 is 0 Å². The highest BCUT2D eigenvalue weighted by atomic mass is 16.5. The van der Waals surface area contributed by atoms with Crippen LogP contribution in [0.1, 0.15) is 12.5 Å². The summed E-state index contributed by atoms with van der Waals surface area (Å²) in [6.07, 6.45) is 0.277. The van der Waals surface area contributed by atoms with E-state index in [0.29, 0.717) is 13.2 Å². The fourth-order valence-electron chi connectivity index (χ4n) is 1.92. The maximum absolute atomic E-state index is 12.0. The molecule has 1 aliphatic heterocycles. The summed E-state index contributed by atoms with van der Waals surface area (Å²) in [7, 11) is 0. The van der Waals surface area contributed by atoms with E-state index in [-0.39, 0.29) is 12.3 Å². The van der Waals surface area contributed by atoms with Gasteiger partial charge in [-0.3, -0.25) is 4.79 Å². The fourth-order valence-corrected chi connectivity index (χ4v) is 1.92. The van der Waals surface area contributed by atoms with Crippen molar-refractivity contribution in [2.75, 3.05) is 13.2 Å². The van der Waals surface area contributed by atoms with Gasteiger partial charge in [0.2, 0.25) is 5.91 Å². The van der Waals surface area contributed by atoms with Crippen molar-refractivity contribution in [3.05, 3.63) is 35.9 Å². The highest BCUT2D eigenvalue weighted by molar-refractivity contribution is 5.88. The van der Waals surface area contributed by atoms with Gasteiger partial charge in [-0.1, -0.05) is 30.3 Å². The quantitative estimate of drug-likeness (QED) is 0.825. The second-order valence-electron chi connectivity index (χ2n) is 5.11. The van der Waals surface area contributed by atoms with Gasteiger partial charge in [0.05, 0.1) is 18.6 Å². The third-order valence-electron chi connectivity index (χ3n) is 3.28. The Bertz CT molecular complexity index is 468. The predicted molar refractivity (Wildman–Crippen MR) is 68.6 cm³/mol. The Kier molecular flexibility index (Phi) is 3.85. The lowest BCUT2D eigenvalue weighted by Gasteiger charge is -2.37. The number of rotatable bonds is 5. The number of benzene rings is 1. The number of nitrogens with one attached hydrogen (secondary N) is 1. The Morgan fingerprint density at radius 2 is 2.00 bits per heavy atom. The molecule has 0 aliphatic carbocycles. The molecule has 1 fully saturated rings. The maximum atomic E-state index is 12.0. The molecular weight excluding hydrogens is 246 g/mol. The van der Waals surface area contributed by atoms with E-state index in [2.05, 4.69) is 5.32 Å². The third-order valence-corrected chi connectivity index (χ3v) is 3.28. The zero-order valence-electron chi connectivity index (χ0n) is 10.8. The first-order valence-corrected chi connectivity index (χ1v) is 6.17. The van der Waals surface area contributed by atoms with Gasteiger partial charge >= 0.3 is 5.97 Å². The highest BCUT2D eigenvalue weighted by Gasteiger charge is 2.42. The molecule has 0 aromatic heterocycles. The van der Waals surface area contributed by atoms with E-state index in [1.165, 1.54) is 0 Å². The normalized spacial score (nSPS) is 18.2. The van der Waals surface area contributed by atoms with E-state index in [9.17, 15) is 14.7 Å². The standard InChI is InChI=1S/C14H17NO4/c1-14(8-19-9-14)13(18)15-11(12(16)17)7-10-5-3-2-4-6-10/h2-6,11H,7-9H2,1H3,(H,15,18)(H,16,17)/t11-/m0/s1. The van der Waals surface area contributed by atoms with Crippen molar-refractivity contribution in [2.45, 2.75) is 19.4 Å². The molecule has 0 spiro atoms. The number of carbonyl (C=O) groups excluding carboxylic acids is 1. The van der Waals surface area contributed by atoms with Gasteiger partial charge in [0.1, 0.15) is 6.04 Å². The van der Waals surface area contributed by atoms with Crippen molar-refractivity contribution in [2.24, 2.45) is 5.41 Å². The minimum Gasteiger partial charge on any atom is -0.480 e. The van der Waals surface area contributed by atoms with Crippen LogP contribution in [0.25, 0.3) is 0 Å². The van der Waals surface area contributed by atoms with Gasteiger partial charge < -0.3 is 15.2 Å². The number of carbonyl (C=O) groups is 2. The molecule has 1 aromatic carbocycles. The molecule has 1 saturated heterocycles. The highest BCUT2D eigenvalue weighted by Crippen LogP contribution is 2.26. The minimum absolute atomic E-state index is 0.262. The van der Waals surface area contributed by atoms with Gasteiger partial charge in [0.15, 0.2) is 0 Å². The number of ether oxygens (including phenoxy) is 1. The van der Waals surface area contributed by atoms with E-state index in [1.54, 1.807) is 6.92 Å². The molecule has 5 heteroatoms. The first-order chi connectivity index (χ1) is 9.01. The second kappa shape index (κ2) is 5.40. The molecular formula is C14H17NO4. The van der Waals surface area contributed by atoms with Crippen molar-refractivity contribution in [3.8, 4) is 0 Å². The van der Waals surface area contributed by atoms with Crippen molar-refractivity contribution in [3.63, 3.8) is 0 Å². The van der Waals surface area contributed by atoms with Crippen molar-refractivity contribution < 1.29 is 19.4 Å². The lowest BCUT2D eigenvalue weighted by Crippen LogP contribution is -2.56. The Morgan fingerprint density at radius 1 is 1.37 bits per heavy atom. The maximum Gasteiger partial charge on any atom is 0.326 e. The van der Waals surface area contributed by atoms with Crippen LogP contribution in [0.15, 0.2) is 30.3 Å². The smallest absolute Gasteiger partial charge is 0.326 e. The van der Waals surface area contributed by atoms with Crippen LogP contribution in [0.2, 0.25) is 0 Å². The summed E-state index contributed by atoms with van der Waals surface area (Å²) in [6.45, 7) is 2.46. The lowest BCUT2D eigenvalue weighted by molar-refractivity contribution is -0.160. The van der Waals surface area contributed by atoms with Crippen LogP contribution >= 0.6 is 0 Å². The molecule has 0 saturated carbocycles. The van der Waals surface area contributed by atoms with Crippen LogP contribution in [-0.4, -0.2) is 36.2 Å². The average Bonchev–Trinajstić information content (AvgIpc) is 2.36. The second-order valence-corrected chi connectivity index (χ2v) is 5.11. The number of carboxylic acid groups (broad SMARTS) is 1. The summed E-state index contributed by atoms with van der Waals surface area (Å²) in [5.74, 6) is -1.29. The zero-order chi connectivity index (χ0) is 13.9. The van der Waals surface area contributed by atoms with Crippen molar-refractivity contribution >= 4 is 11.9 Å². The Labute approximate surface area is 111 Å². The summed E-state index contributed by atoms with van der Waals surface area (Å²) < 4.78 is 5.01. The SMILES string of the molecule is CC1(C(=O)N[C@@H](Cc2ccccc2)C(=O)O)COC1. The summed E-state index contributed by atoms with van der Waals surface area (Å²) in [6, 6.07) is 8.33. The summed E-state index contributed by atoms with van der Waals surface area (Å²) in [4.78, 5) is 23.2. The first kappa shape index (κ1) is 13.5. The van der Waals surface area contributed by atoms with Gasteiger partial charge in [-0.15, -0.1) is 0 Å². The van der Waals surface area contributed by atoms with Gasteiger partial charge in [-0.05, 0) is 12.5 Å². The number of aliphatic carboxylic acids is 1. The van der Waals surface area contributed by atoms with Gasteiger partial charge in [0.25, 0.3) is 0 Å². The predicted octanol–water partition coefficient (Wildman–Crippen LogP) is 0.835. The molecule has 1 aliphatic rings. The molecule has 1 atom stereocenters. The molecule has 102 valence electrons. The van der Waals surface area contributed by atoms with Crippen LogP contribution in [0.4, 0.5) is 0 Å². The Balaban J connectivity index is 2.01. The Hall–Kier alpha value is -1.88. The monoisotopic (exact) mass is 263 g/mol. The molecule has 1 amide bonds. The fraction of sp³-hybridized carbons (Fsp3) is 0.429. The molecule has 0 bridgehead atoms. The molecule has 2 rings (SSSR count). The zero-order valence-corrected chi connectivity index (χ0v) is 10.8. The molecule has 0 radical (unpaired) electrons. The summed E-state index contributed by atoms with van der Waals surface area (Å²) >= 11 is 0. The number of amides is 1. The van der Waals surface area contributed by atoms with Crippen molar-refractivity contribution in [1.82, 2.24) is 5.32 Å². The summed E-state index contributed by atoms with van der Waals surface area (Å²) in [5, 5.41) is 11.8.